The minimum atomic E-state index is -3.13. The van der Waals surface area contributed by atoms with Gasteiger partial charge in [-0.15, -0.1) is 0 Å². The number of fused-ring (bicyclic) bond motifs is 2. The van der Waals surface area contributed by atoms with E-state index < -0.39 is 10.0 Å². The average Bonchev–Trinajstić information content (AvgIpc) is 2.39. The van der Waals surface area contributed by atoms with E-state index in [1.807, 2.05) is 0 Å². The van der Waals surface area contributed by atoms with Crippen LogP contribution in [-0.2, 0) is 10.0 Å². The third-order valence-corrected chi connectivity index (χ3v) is 6.40. The van der Waals surface area contributed by atoms with Gasteiger partial charge in [0.05, 0.1) is 5.75 Å². The zero-order chi connectivity index (χ0) is 15.3. The Morgan fingerprint density at radius 3 is 2.43 bits per heavy atom. The van der Waals surface area contributed by atoms with Gasteiger partial charge in [-0.2, -0.15) is 0 Å². The Kier molecular flexibility index (Phi) is 6.47. The summed E-state index contributed by atoms with van der Waals surface area (Å²) in [5.74, 6) is 0.241. The smallest absolute Gasteiger partial charge is 0.211 e. The molecule has 0 aromatic heterocycles. The van der Waals surface area contributed by atoms with Gasteiger partial charge < -0.3 is 10.2 Å². The Morgan fingerprint density at radius 1 is 1.14 bits per heavy atom. The first-order chi connectivity index (χ1) is 10.0. The van der Waals surface area contributed by atoms with Crippen LogP contribution in [0.3, 0.4) is 0 Å². The van der Waals surface area contributed by atoms with Crippen LogP contribution >= 0.6 is 0 Å². The minimum Gasteiger partial charge on any atom is -0.317 e. The maximum Gasteiger partial charge on any atom is 0.211 e. The molecule has 6 heteroatoms. The summed E-state index contributed by atoms with van der Waals surface area (Å²) in [4.78, 5) is 2.46. The van der Waals surface area contributed by atoms with E-state index in [2.05, 4.69) is 28.9 Å². The molecular formula is C15H31N3O2S. The van der Waals surface area contributed by atoms with Gasteiger partial charge in [-0.1, -0.05) is 13.3 Å². The fourth-order valence-electron chi connectivity index (χ4n) is 3.71. The number of rotatable bonds is 8. The van der Waals surface area contributed by atoms with Crippen LogP contribution in [0.5, 0.6) is 0 Å². The lowest BCUT2D eigenvalue weighted by molar-refractivity contribution is 0.0536. The van der Waals surface area contributed by atoms with Crippen molar-refractivity contribution in [1.29, 1.82) is 0 Å². The van der Waals surface area contributed by atoms with E-state index in [4.69, 9.17) is 0 Å². The summed E-state index contributed by atoms with van der Waals surface area (Å²) in [6.07, 6.45) is 7.44. The fraction of sp³-hybridized carbons (Fsp3) is 1.00. The summed E-state index contributed by atoms with van der Waals surface area (Å²) in [5.41, 5.74) is 0. The normalized spacial score (nSPS) is 30.5. The molecule has 2 saturated heterocycles. The van der Waals surface area contributed by atoms with E-state index in [9.17, 15) is 8.42 Å². The second-order valence-corrected chi connectivity index (χ2v) is 8.49. The molecule has 0 saturated carbocycles. The fourth-order valence-corrected chi connectivity index (χ4v) is 5.06. The number of hydrogen-bond donors (Lipinski definition) is 2. The molecule has 21 heavy (non-hydrogen) atoms. The molecule has 0 radical (unpaired) electrons. The molecule has 0 aliphatic carbocycles. The highest BCUT2D eigenvalue weighted by molar-refractivity contribution is 7.89. The van der Waals surface area contributed by atoms with Crippen LogP contribution in [0, 0.1) is 0 Å². The van der Waals surface area contributed by atoms with E-state index in [-0.39, 0.29) is 11.8 Å². The van der Waals surface area contributed by atoms with Gasteiger partial charge in [0.1, 0.15) is 0 Å². The zero-order valence-electron chi connectivity index (χ0n) is 13.5. The Balaban J connectivity index is 1.75. The highest BCUT2D eigenvalue weighted by Gasteiger charge is 2.37. The average molecular weight is 317 g/mol. The summed E-state index contributed by atoms with van der Waals surface area (Å²) in [5, 5.41) is 3.25. The Morgan fingerprint density at radius 2 is 1.81 bits per heavy atom. The lowest BCUT2D eigenvalue weighted by Crippen LogP contribution is -2.55. The maximum atomic E-state index is 12.2. The van der Waals surface area contributed by atoms with Gasteiger partial charge in [0.15, 0.2) is 0 Å². The van der Waals surface area contributed by atoms with Crippen LogP contribution in [0.25, 0.3) is 0 Å². The van der Waals surface area contributed by atoms with E-state index in [0.717, 1.165) is 32.4 Å². The largest absolute Gasteiger partial charge is 0.317 e. The van der Waals surface area contributed by atoms with Crippen LogP contribution in [-0.4, -0.2) is 57.3 Å². The van der Waals surface area contributed by atoms with Crippen molar-refractivity contribution in [3.63, 3.8) is 0 Å². The van der Waals surface area contributed by atoms with Gasteiger partial charge in [-0.05, 0) is 58.7 Å². The number of sulfonamides is 1. The number of piperidine rings is 2. The summed E-state index contributed by atoms with van der Waals surface area (Å²) < 4.78 is 27.3. The van der Waals surface area contributed by atoms with Crippen molar-refractivity contribution in [3.8, 4) is 0 Å². The van der Waals surface area contributed by atoms with Crippen molar-refractivity contribution in [1.82, 2.24) is 14.9 Å². The molecule has 2 aliphatic rings. The second-order valence-electron chi connectivity index (χ2n) is 6.61. The minimum absolute atomic E-state index is 0.144. The molecule has 2 unspecified atom stereocenters. The van der Waals surface area contributed by atoms with Crippen molar-refractivity contribution >= 4 is 10.0 Å². The molecular weight excluding hydrogens is 286 g/mol. The molecule has 5 nitrogen and oxygen atoms in total. The molecule has 2 heterocycles. The van der Waals surface area contributed by atoms with Gasteiger partial charge in [0.25, 0.3) is 0 Å². The number of nitrogens with one attached hydrogen (secondary N) is 2. The van der Waals surface area contributed by atoms with E-state index >= 15 is 0 Å². The monoisotopic (exact) mass is 317 g/mol. The van der Waals surface area contributed by atoms with Gasteiger partial charge in [-0.3, -0.25) is 0 Å². The van der Waals surface area contributed by atoms with E-state index in [1.165, 1.54) is 19.3 Å². The summed E-state index contributed by atoms with van der Waals surface area (Å²) in [7, 11) is -0.932. The van der Waals surface area contributed by atoms with Crippen LogP contribution in [0.2, 0.25) is 0 Å². The summed E-state index contributed by atoms with van der Waals surface area (Å²) in [6, 6.07) is 1.28. The number of hydrogen-bond acceptors (Lipinski definition) is 4. The SMILES string of the molecule is CCCNCCCS(=O)(=O)NC1CC2CCCC(C1)N2C. The lowest BCUT2D eigenvalue weighted by atomic mass is 9.83. The quantitative estimate of drug-likeness (QED) is 0.663. The van der Waals surface area contributed by atoms with Crippen molar-refractivity contribution in [2.24, 2.45) is 0 Å². The maximum absolute atomic E-state index is 12.2. The molecule has 0 aromatic rings. The third-order valence-electron chi connectivity index (χ3n) is 4.88. The molecule has 0 amide bonds. The molecule has 0 spiro atoms. The summed E-state index contributed by atoms with van der Waals surface area (Å²) in [6.45, 7) is 3.86. The van der Waals surface area contributed by atoms with E-state index in [1.54, 1.807) is 0 Å². The Bertz CT molecular complexity index is 399. The Labute approximate surface area is 129 Å². The predicted octanol–water partition coefficient (Wildman–Crippen LogP) is 1.31. The standard InChI is InChI=1S/C15H31N3O2S/c1-3-8-16-9-5-10-21(19,20)17-13-11-14-6-4-7-15(12-13)18(14)2/h13-17H,3-12H2,1-2H3. The van der Waals surface area contributed by atoms with Crippen molar-refractivity contribution in [3.05, 3.63) is 0 Å². The lowest BCUT2D eigenvalue weighted by Gasteiger charge is -2.47. The van der Waals surface area contributed by atoms with Gasteiger partial charge in [0.2, 0.25) is 10.0 Å². The molecule has 0 aromatic carbocycles. The number of nitrogens with zero attached hydrogens (tertiary/aromatic N) is 1. The van der Waals surface area contributed by atoms with Crippen LogP contribution in [0.1, 0.15) is 51.9 Å². The highest BCUT2D eigenvalue weighted by Crippen LogP contribution is 2.32. The summed E-state index contributed by atoms with van der Waals surface area (Å²) >= 11 is 0. The zero-order valence-corrected chi connectivity index (χ0v) is 14.3. The van der Waals surface area contributed by atoms with E-state index in [0.29, 0.717) is 18.5 Å². The molecule has 2 atom stereocenters. The van der Waals surface area contributed by atoms with Crippen LogP contribution < -0.4 is 10.0 Å². The predicted molar refractivity (Wildman–Crippen MR) is 86.9 cm³/mol. The van der Waals surface area contributed by atoms with Crippen LogP contribution in [0.15, 0.2) is 0 Å². The van der Waals surface area contributed by atoms with Crippen molar-refractivity contribution in [2.75, 3.05) is 25.9 Å². The topological polar surface area (TPSA) is 61.4 Å². The van der Waals surface area contributed by atoms with Gasteiger partial charge >= 0.3 is 0 Å². The second kappa shape index (κ2) is 7.90. The molecule has 2 aliphatic heterocycles. The first-order valence-corrected chi connectivity index (χ1v) is 10.1. The Hall–Kier alpha value is -0.170. The first-order valence-electron chi connectivity index (χ1n) is 8.44. The molecule has 2 bridgehead atoms. The van der Waals surface area contributed by atoms with Gasteiger partial charge in [-0.25, -0.2) is 13.1 Å². The first kappa shape index (κ1) is 17.2. The third kappa shape index (κ3) is 5.20. The van der Waals surface area contributed by atoms with Crippen molar-refractivity contribution in [2.45, 2.75) is 70.0 Å². The molecule has 124 valence electrons. The van der Waals surface area contributed by atoms with Crippen molar-refractivity contribution < 1.29 is 8.42 Å². The van der Waals surface area contributed by atoms with Gasteiger partial charge in [0, 0.05) is 18.1 Å². The molecule has 2 fully saturated rings. The van der Waals surface area contributed by atoms with Crippen LogP contribution in [0.4, 0.5) is 0 Å². The highest BCUT2D eigenvalue weighted by atomic mass is 32.2. The molecule has 2 rings (SSSR count). The molecule has 2 N–H and O–H groups in total.